The zero-order valence-electron chi connectivity index (χ0n) is 15.8. The van der Waals surface area contributed by atoms with Crippen LogP contribution in [0.1, 0.15) is 46.1 Å². The summed E-state index contributed by atoms with van der Waals surface area (Å²) < 4.78 is 0. The first kappa shape index (κ1) is 19.4. The zero-order valence-corrected chi connectivity index (χ0v) is 15.8. The predicted molar refractivity (Wildman–Crippen MR) is 100 cm³/mol. The molecule has 1 aromatic rings. The van der Waals surface area contributed by atoms with Crippen molar-refractivity contribution in [1.29, 1.82) is 0 Å². The van der Waals surface area contributed by atoms with E-state index in [1.165, 1.54) is 5.56 Å². The number of imide groups is 1. The Labute approximate surface area is 151 Å². The minimum Gasteiger partial charge on any atom is -0.333 e. The lowest BCUT2D eigenvalue weighted by Crippen LogP contribution is -2.54. The molecule has 1 fully saturated rings. The fourth-order valence-electron chi connectivity index (χ4n) is 3.25. The van der Waals surface area contributed by atoms with Crippen molar-refractivity contribution < 1.29 is 9.59 Å². The van der Waals surface area contributed by atoms with Crippen molar-refractivity contribution in [2.24, 2.45) is 5.92 Å². The summed E-state index contributed by atoms with van der Waals surface area (Å²) in [4.78, 5) is 26.3. The van der Waals surface area contributed by atoms with Crippen molar-refractivity contribution in [3.05, 3.63) is 35.9 Å². The van der Waals surface area contributed by atoms with Gasteiger partial charge in [0.05, 0.1) is 6.04 Å². The molecule has 5 nitrogen and oxygen atoms in total. The summed E-state index contributed by atoms with van der Waals surface area (Å²) in [6, 6.07) is 9.85. The van der Waals surface area contributed by atoms with Crippen LogP contribution >= 0.6 is 0 Å². The van der Waals surface area contributed by atoms with E-state index >= 15 is 0 Å². The molecule has 0 bridgehead atoms. The Hall–Kier alpha value is -1.88. The van der Waals surface area contributed by atoms with E-state index in [1.54, 1.807) is 0 Å². The number of carbonyl (C=O) groups excluding carboxylic acids is 2. The number of likely N-dealkylation sites (tertiary alicyclic amines) is 1. The largest absolute Gasteiger partial charge is 0.333 e. The third-order valence-electron chi connectivity index (χ3n) is 4.67. The van der Waals surface area contributed by atoms with Gasteiger partial charge in [-0.25, -0.2) is 4.79 Å². The van der Waals surface area contributed by atoms with Crippen molar-refractivity contribution in [1.82, 2.24) is 15.5 Å². The van der Waals surface area contributed by atoms with E-state index in [9.17, 15) is 9.59 Å². The zero-order chi connectivity index (χ0) is 18.4. The number of benzene rings is 1. The van der Waals surface area contributed by atoms with Crippen LogP contribution in [0.25, 0.3) is 0 Å². The van der Waals surface area contributed by atoms with Crippen molar-refractivity contribution in [3.8, 4) is 0 Å². The van der Waals surface area contributed by atoms with Gasteiger partial charge in [-0.2, -0.15) is 0 Å². The van der Waals surface area contributed by atoms with Gasteiger partial charge in [0.1, 0.15) is 0 Å². The second-order valence-corrected chi connectivity index (χ2v) is 8.04. The first-order valence-electron chi connectivity index (χ1n) is 9.15. The van der Waals surface area contributed by atoms with Gasteiger partial charge in [-0.1, -0.05) is 30.3 Å². The molecule has 5 heteroatoms. The number of nitrogens with zero attached hydrogens (tertiary/aromatic N) is 1. The second kappa shape index (κ2) is 8.48. The summed E-state index contributed by atoms with van der Waals surface area (Å²) in [6.07, 6.45) is 3.27. The smallest absolute Gasteiger partial charge is 0.321 e. The maximum absolute atomic E-state index is 12.3. The van der Waals surface area contributed by atoms with Crippen molar-refractivity contribution >= 4 is 11.9 Å². The molecule has 0 unspecified atom stereocenters. The standard InChI is InChI=1S/C20H31N3O2/c1-15(18(24)21-19(25)22-20(2,3)4)23-12-10-17(11-13-23)14-16-8-6-5-7-9-16/h5-9,15,17H,10-14H2,1-4H3,(H2,21,22,24,25)/t15-/m1/s1. The van der Waals surface area contributed by atoms with Crippen LogP contribution in [0.2, 0.25) is 0 Å². The van der Waals surface area contributed by atoms with Crippen LogP contribution in [0.3, 0.4) is 0 Å². The van der Waals surface area contributed by atoms with Gasteiger partial charge in [0.15, 0.2) is 0 Å². The van der Waals surface area contributed by atoms with Crippen LogP contribution < -0.4 is 10.6 Å². The van der Waals surface area contributed by atoms with Crippen LogP contribution in [0.5, 0.6) is 0 Å². The third-order valence-corrected chi connectivity index (χ3v) is 4.67. The van der Waals surface area contributed by atoms with E-state index in [4.69, 9.17) is 0 Å². The van der Waals surface area contributed by atoms with Crippen LogP contribution in [-0.2, 0) is 11.2 Å². The van der Waals surface area contributed by atoms with Crippen LogP contribution in [0.15, 0.2) is 30.3 Å². The summed E-state index contributed by atoms with van der Waals surface area (Å²) in [5.41, 5.74) is 1.02. The highest BCUT2D eigenvalue weighted by molar-refractivity contribution is 5.97. The highest BCUT2D eigenvalue weighted by atomic mass is 16.2. The number of carbonyl (C=O) groups is 2. The molecule has 0 aliphatic carbocycles. The quantitative estimate of drug-likeness (QED) is 0.882. The van der Waals surface area contributed by atoms with Gasteiger partial charge in [-0.15, -0.1) is 0 Å². The van der Waals surface area contributed by atoms with Crippen molar-refractivity contribution in [2.45, 2.75) is 58.5 Å². The molecule has 1 aliphatic heterocycles. The molecule has 1 aromatic carbocycles. The Morgan fingerprint density at radius 1 is 1.16 bits per heavy atom. The van der Waals surface area contributed by atoms with Crippen molar-refractivity contribution in [3.63, 3.8) is 0 Å². The predicted octanol–water partition coefficient (Wildman–Crippen LogP) is 2.95. The average molecular weight is 345 g/mol. The first-order chi connectivity index (χ1) is 11.7. The second-order valence-electron chi connectivity index (χ2n) is 8.04. The Morgan fingerprint density at radius 3 is 2.32 bits per heavy atom. The minimum atomic E-state index is -0.427. The normalized spacial score (nSPS) is 17.8. The molecule has 2 N–H and O–H groups in total. The molecule has 1 aliphatic rings. The molecule has 25 heavy (non-hydrogen) atoms. The van der Waals surface area contributed by atoms with Crippen molar-refractivity contribution in [2.75, 3.05) is 13.1 Å². The van der Waals surface area contributed by atoms with Crippen LogP contribution in [0.4, 0.5) is 4.79 Å². The topological polar surface area (TPSA) is 61.4 Å². The molecule has 1 heterocycles. The Bertz CT molecular complexity index is 572. The highest BCUT2D eigenvalue weighted by Gasteiger charge is 2.28. The van der Waals surface area contributed by atoms with Gasteiger partial charge in [0.2, 0.25) is 5.91 Å². The van der Waals surface area contributed by atoms with E-state index in [1.807, 2.05) is 33.8 Å². The molecule has 0 spiro atoms. The number of urea groups is 1. The molecular weight excluding hydrogens is 314 g/mol. The van der Waals surface area contributed by atoms with Gasteiger partial charge >= 0.3 is 6.03 Å². The molecular formula is C20H31N3O2. The van der Waals surface area contributed by atoms with Crippen LogP contribution in [0, 0.1) is 5.92 Å². The van der Waals surface area contributed by atoms with Gasteiger partial charge in [0.25, 0.3) is 0 Å². The minimum absolute atomic E-state index is 0.233. The summed E-state index contributed by atoms with van der Waals surface area (Å²) in [5.74, 6) is 0.432. The van der Waals surface area contributed by atoms with Gasteiger partial charge in [-0.05, 0) is 71.5 Å². The third kappa shape index (κ3) is 6.50. The number of amides is 3. The van der Waals surface area contributed by atoms with Gasteiger partial charge in [-0.3, -0.25) is 15.0 Å². The van der Waals surface area contributed by atoms with E-state index < -0.39 is 6.03 Å². The molecule has 3 amide bonds. The average Bonchev–Trinajstić information content (AvgIpc) is 2.54. The van der Waals surface area contributed by atoms with E-state index in [0.29, 0.717) is 5.92 Å². The summed E-state index contributed by atoms with van der Waals surface area (Å²) >= 11 is 0. The number of rotatable bonds is 4. The maximum atomic E-state index is 12.3. The Morgan fingerprint density at radius 2 is 1.76 bits per heavy atom. The van der Waals surface area contributed by atoms with E-state index in [0.717, 1.165) is 32.4 Å². The van der Waals surface area contributed by atoms with E-state index in [2.05, 4.69) is 39.8 Å². The van der Waals surface area contributed by atoms with Crippen LogP contribution in [-0.4, -0.2) is 41.5 Å². The monoisotopic (exact) mass is 345 g/mol. The lowest BCUT2D eigenvalue weighted by molar-refractivity contribution is -0.125. The fourth-order valence-corrected chi connectivity index (χ4v) is 3.25. The fraction of sp³-hybridized carbons (Fsp3) is 0.600. The molecule has 0 aromatic heterocycles. The first-order valence-corrected chi connectivity index (χ1v) is 9.15. The molecule has 0 radical (unpaired) electrons. The summed E-state index contributed by atoms with van der Waals surface area (Å²) in [5, 5.41) is 5.21. The molecule has 138 valence electrons. The molecule has 1 atom stereocenters. The van der Waals surface area contributed by atoms with Gasteiger partial charge in [0, 0.05) is 5.54 Å². The number of hydrogen-bond acceptors (Lipinski definition) is 3. The molecule has 1 saturated heterocycles. The SMILES string of the molecule is C[C@H](C(=O)NC(=O)NC(C)(C)C)N1CCC(Cc2ccccc2)CC1. The summed E-state index contributed by atoms with van der Waals surface area (Å²) in [6.45, 7) is 9.32. The number of nitrogens with one attached hydrogen (secondary N) is 2. The number of piperidine rings is 1. The maximum Gasteiger partial charge on any atom is 0.321 e. The molecule has 0 saturated carbocycles. The highest BCUT2D eigenvalue weighted by Crippen LogP contribution is 2.22. The Kier molecular flexibility index (Phi) is 6.59. The summed E-state index contributed by atoms with van der Waals surface area (Å²) in [7, 11) is 0. The molecule has 2 rings (SSSR count). The Balaban J connectivity index is 1.77. The van der Waals surface area contributed by atoms with E-state index in [-0.39, 0.29) is 17.5 Å². The lowest BCUT2D eigenvalue weighted by atomic mass is 9.89. The van der Waals surface area contributed by atoms with Gasteiger partial charge < -0.3 is 5.32 Å². The lowest BCUT2D eigenvalue weighted by Gasteiger charge is -2.35. The number of hydrogen-bond donors (Lipinski definition) is 2.